The lowest BCUT2D eigenvalue weighted by Crippen LogP contribution is -2.34. The van der Waals surface area contributed by atoms with Gasteiger partial charge in [-0.15, -0.1) is 0 Å². The summed E-state index contributed by atoms with van der Waals surface area (Å²) in [6, 6.07) is 5.08. The van der Waals surface area contributed by atoms with Crippen LogP contribution in [0.4, 0.5) is 0 Å². The maximum Gasteiger partial charge on any atom is 0.233 e. The average molecular weight is 500 g/mol. The number of carbonyl (C=O) groups excluding carboxylic acids is 2. The van der Waals surface area contributed by atoms with E-state index in [1.54, 1.807) is 12.1 Å². The summed E-state index contributed by atoms with van der Waals surface area (Å²) in [5, 5.41) is 10.2. The quantitative estimate of drug-likeness (QED) is 0.293. The summed E-state index contributed by atoms with van der Waals surface area (Å²) in [5.74, 6) is -0.230. The molecule has 3 aliphatic rings. The van der Waals surface area contributed by atoms with Gasteiger partial charge in [0.05, 0.1) is 29.6 Å². The van der Waals surface area contributed by atoms with Crippen LogP contribution in [0.5, 0.6) is 5.75 Å². The lowest BCUT2D eigenvalue weighted by molar-refractivity contribution is -0.140. The summed E-state index contributed by atoms with van der Waals surface area (Å²) in [6.45, 7) is 7.40. The summed E-state index contributed by atoms with van der Waals surface area (Å²) in [7, 11) is 0. The predicted molar refractivity (Wildman–Crippen MR) is 139 cm³/mol. The van der Waals surface area contributed by atoms with Gasteiger partial charge in [0.15, 0.2) is 0 Å². The third-order valence-corrected chi connectivity index (χ3v) is 8.07. The zero-order chi connectivity index (χ0) is 25.1. The fourth-order valence-electron chi connectivity index (χ4n) is 6.28. The summed E-state index contributed by atoms with van der Waals surface area (Å²) in [5.41, 5.74) is 4.88. The second-order valence-corrected chi connectivity index (χ2v) is 10.6. The first-order valence-corrected chi connectivity index (χ1v) is 13.6. The summed E-state index contributed by atoms with van der Waals surface area (Å²) in [4.78, 5) is 27.8. The largest absolute Gasteiger partial charge is 0.508 e. The van der Waals surface area contributed by atoms with E-state index < -0.39 is 0 Å². The molecule has 1 N–H and O–H groups in total. The molecule has 0 aromatic heterocycles. The van der Waals surface area contributed by atoms with Crippen LogP contribution < -0.4 is 0 Å². The van der Waals surface area contributed by atoms with Crippen molar-refractivity contribution in [2.24, 2.45) is 17.8 Å². The Hall–Kier alpha value is -2.11. The molecule has 190 valence electrons. The SMILES string of the molecule is CCCC1=C2[C@@H](CC/C(=C/c3ccc(O)cc3Cl)CCC)OC[C@@H]2[C@@H]2C(=O)N(CCC)C(=O)[C@@H]2C1. The highest BCUT2D eigenvalue weighted by atomic mass is 35.5. The van der Waals surface area contributed by atoms with Gasteiger partial charge in [-0.25, -0.2) is 0 Å². The van der Waals surface area contributed by atoms with Crippen molar-refractivity contribution in [3.63, 3.8) is 0 Å². The Balaban J connectivity index is 1.56. The molecule has 2 fully saturated rings. The van der Waals surface area contributed by atoms with Gasteiger partial charge in [0.2, 0.25) is 11.8 Å². The number of phenolic OH excluding ortho intramolecular Hbond substituents is 1. The first kappa shape index (κ1) is 26.0. The van der Waals surface area contributed by atoms with Gasteiger partial charge < -0.3 is 9.84 Å². The van der Waals surface area contributed by atoms with Crippen LogP contribution in [0.3, 0.4) is 0 Å². The van der Waals surface area contributed by atoms with Crippen molar-refractivity contribution >= 4 is 29.5 Å². The van der Waals surface area contributed by atoms with E-state index in [2.05, 4.69) is 19.9 Å². The Bertz CT molecular complexity index is 1030. The molecule has 0 unspecified atom stereocenters. The molecular weight excluding hydrogens is 462 g/mol. The van der Waals surface area contributed by atoms with Crippen LogP contribution in [0.1, 0.15) is 77.7 Å². The van der Waals surface area contributed by atoms with Crippen molar-refractivity contribution < 1.29 is 19.4 Å². The number of aromatic hydroxyl groups is 1. The molecular formula is C29H38ClNO4. The lowest BCUT2D eigenvalue weighted by atomic mass is 9.68. The Morgan fingerprint density at radius 2 is 1.91 bits per heavy atom. The Morgan fingerprint density at radius 1 is 1.11 bits per heavy atom. The number of nitrogens with zero attached hydrogens (tertiary/aromatic N) is 1. The smallest absolute Gasteiger partial charge is 0.233 e. The second-order valence-electron chi connectivity index (χ2n) is 10.2. The molecule has 0 saturated carbocycles. The molecule has 2 saturated heterocycles. The Morgan fingerprint density at radius 3 is 2.60 bits per heavy atom. The van der Waals surface area contributed by atoms with Crippen molar-refractivity contribution in [3.8, 4) is 5.75 Å². The van der Waals surface area contributed by atoms with E-state index in [0.717, 1.165) is 50.5 Å². The van der Waals surface area contributed by atoms with Gasteiger partial charge in [0.1, 0.15) is 5.75 Å². The molecule has 35 heavy (non-hydrogen) atoms. The van der Waals surface area contributed by atoms with Crippen molar-refractivity contribution in [2.45, 2.75) is 78.2 Å². The standard InChI is InChI=1S/C29H38ClNO4/c1-4-7-18(14-19-10-11-21(32)16-24(19)30)9-12-25-26-20(8-5-2)15-22-27(23(26)17-35-25)29(34)31(13-6-3)28(22)33/h10-11,14,16,22-23,25,27,32H,4-9,12-13,15,17H2,1-3H3/b18-14+/t22-,23+,25-,27-/m1/s1. The molecule has 0 radical (unpaired) electrons. The fraction of sp³-hybridized carbons (Fsp3) is 0.586. The van der Waals surface area contributed by atoms with Gasteiger partial charge in [0, 0.05) is 12.5 Å². The van der Waals surface area contributed by atoms with E-state index in [0.29, 0.717) is 24.6 Å². The number of imide groups is 1. The monoisotopic (exact) mass is 499 g/mol. The molecule has 2 heterocycles. The van der Waals surface area contributed by atoms with Crippen LogP contribution in [0.2, 0.25) is 5.02 Å². The zero-order valence-electron chi connectivity index (χ0n) is 21.2. The van der Waals surface area contributed by atoms with Crippen LogP contribution in [-0.2, 0) is 14.3 Å². The van der Waals surface area contributed by atoms with Gasteiger partial charge in [-0.1, -0.05) is 62.4 Å². The molecule has 5 nitrogen and oxygen atoms in total. The van der Waals surface area contributed by atoms with Crippen LogP contribution in [0.25, 0.3) is 6.08 Å². The highest BCUT2D eigenvalue weighted by Gasteiger charge is 2.56. The minimum Gasteiger partial charge on any atom is -0.508 e. The molecule has 1 aliphatic carbocycles. The number of hydrogen-bond donors (Lipinski definition) is 1. The van der Waals surface area contributed by atoms with E-state index in [1.165, 1.54) is 21.6 Å². The molecule has 1 aromatic carbocycles. The molecule has 4 atom stereocenters. The van der Waals surface area contributed by atoms with Crippen molar-refractivity contribution in [3.05, 3.63) is 45.5 Å². The molecule has 2 aliphatic heterocycles. The van der Waals surface area contributed by atoms with Crippen molar-refractivity contribution in [1.29, 1.82) is 0 Å². The number of phenols is 1. The van der Waals surface area contributed by atoms with Crippen LogP contribution in [-0.4, -0.2) is 41.1 Å². The van der Waals surface area contributed by atoms with E-state index in [1.807, 2.05) is 13.0 Å². The van der Waals surface area contributed by atoms with E-state index in [4.69, 9.17) is 16.3 Å². The number of carbonyl (C=O) groups is 2. The zero-order valence-corrected chi connectivity index (χ0v) is 21.9. The van der Waals surface area contributed by atoms with Gasteiger partial charge in [-0.05, 0) is 67.9 Å². The molecule has 0 spiro atoms. The topological polar surface area (TPSA) is 66.8 Å². The fourth-order valence-corrected chi connectivity index (χ4v) is 6.51. The number of ether oxygens (including phenoxy) is 1. The van der Waals surface area contributed by atoms with Gasteiger partial charge >= 0.3 is 0 Å². The number of allylic oxidation sites excluding steroid dienone is 2. The normalized spacial score (nSPS) is 26.5. The maximum atomic E-state index is 13.3. The second kappa shape index (κ2) is 11.3. The molecule has 6 heteroatoms. The average Bonchev–Trinajstić information content (AvgIpc) is 3.35. The van der Waals surface area contributed by atoms with Gasteiger partial charge in [-0.3, -0.25) is 14.5 Å². The van der Waals surface area contributed by atoms with Gasteiger partial charge in [-0.2, -0.15) is 0 Å². The predicted octanol–water partition coefficient (Wildman–Crippen LogP) is 6.54. The number of halogens is 1. The summed E-state index contributed by atoms with van der Waals surface area (Å²) >= 11 is 6.36. The Kier molecular flexibility index (Phi) is 8.38. The van der Waals surface area contributed by atoms with Crippen LogP contribution >= 0.6 is 11.6 Å². The number of fused-ring (bicyclic) bond motifs is 3. The third kappa shape index (κ3) is 5.22. The molecule has 4 rings (SSSR count). The maximum absolute atomic E-state index is 13.3. The van der Waals surface area contributed by atoms with Crippen molar-refractivity contribution in [1.82, 2.24) is 4.90 Å². The first-order chi connectivity index (χ1) is 16.9. The van der Waals surface area contributed by atoms with E-state index >= 15 is 0 Å². The Labute approximate surface area is 214 Å². The highest BCUT2D eigenvalue weighted by Crippen LogP contribution is 2.50. The van der Waals surface area contributed by atoms with E-state index in [9.17, 15) is 14.7 Å². The number of hydrogen-bond acceptors (Lipinski definition) is 4. The van der Waals surface area contributed by atoms with E-state index in [-0.39, 0.29) is 41.4 Å². The van der Waals surface area contributed by atoms with Crippen LogP contribution in [0.15, 0.2) is 34.9 Å². The summed E-state index contributed by atoms with van der Waals surface area (Å²) in [6.07, 6.45) is 9.37. The highest BCUT2D eigenvalue weighted by molar-refractivity contribution is 6.32. The van der Waals surface area contributed by atoms with Crippen LogP contribution in [0, 0.1) is 17.8 Å². The minimum absolute atomic E-state index is 0.00109. The lowest BCUT2D eigenvalue weighted by Gasteiger charge is -2.32. The third-order valence-electron chi connectivity index (χ3n) is 7.74. The summed E-state index contributed by atoms with van der Waals surface area (Å²) < 4.78 is 6.36. The number of benzene rings is 1. The minimum atomic E-state index is -0.254. The number of rotatable bonds is 10. The first-order valence-electron chi connectivity index (χ1n) is 13.3. The van der Waals surface area contributed by atoms with Gasteiger partial charge in [0.25, 0.3) is 0 Å². The number of likely N-dealkylation sites (tertiary alicyclic amines) is 1. The number of amides is 2. The molecule has 2 amide bonds. The molecule has 1 aromatic rings. The van der Waals surface area contributed by atoms with Crippen molar-refractivity contribution in [2.75, 3.05) is 13.2 Å². The molecule has 0 bridgehead atoms.